The average molecular weight is 355 g/mol. The minimum Gasteiger partial charge on any atom is -0.368 e. The number of aromatic nitrogens is 4. The second-order valence-electron chi connectivity index (χ2n) is 6.64. The molecular weight excluding hydrogens is 336 g/mol. The standard InChI is InChI=1S/C18H19ClN6/c19-13-3-1-4-14(11-13)23-7-9-24(10-8-23)17-15-5-2-6-16(15)22-18-20-12-21-25(17)18/h1,3-4,11-12H,2,5-10H2. The molecule has 0 saturated carbocycles. The van der Waals surface area contributed by atoms with Gasteiger partial charge >= 0.3 is 0 Å². The van der Waals surface area contributed by atoms with Crippen molar-refractivity contribution in [3.63, 3.8) is 0 Å². The summed E-state index contributed by atoms with van der Waals surface area (Å²) in [6, 6.07) is 8.10. The number of fused-ring (bicyclic) bond motifs is 2. The number of piperazine rings is 1. The Bertz CT molecular complexity index is 928. The molecule has 1 aromatic carbocycles. The van der Waals surface area contributed by atoms with Crippen LogP contribution < -0.4 is 9.80 Å². The normalized spacial score (nSPS) is 17.3. The third-order valence-corrected chi connectivity index (χ3v) is 5.41. The van der Waals surface area contributed by atoms with E-state index in [1.54, 1.807) is 6.33 Å². The van der Waals surface area contributed by atoms with Gasteiger partial charge in [0.25, 0.3) is 5.78 Å². The SMILES string of the molecule is Clc1cccc(N2CCN(c3c4c(nc5ncnn35)CCC4)CC2)c1. The van der Waals surface area contributed by atoms with Crippen LogP contribution in [0.5, 0.6) is 0 Å². The summed E-state index contributed by atoms with van der Waals surface area (Å²) in [6.45, 7) is 3.84. The molecule has 0 radical (unpaired) electrons. The van der Waals surface area contributed by atoms with Crippen LogP contribution in [0.4, 0.5) is 11.5 Å². The van der Waals surface area contributed by atoms with Crippen LogP contribution in [0.1, 0.15) is 17.7 Å². The van der Waals surface area contributed by atoms with Crippen molar-refractivity contribution >= 4 is 28.9 Å². The van der Waals surface area contributed by atoms with Crippen molar-refractivity contribution in [3.05, 3.63) is 46.9 Å². The fourth-order valence-corrected chi connectivity index (χ4v) is 4.16. The molecule has 1 fully saturated rings. The fraction of sp³-hybridized carbons (Fsp3) is 0.389. The molecule has 0 unspecified atom stereocenters. The molecule has 0 N–H and O–H groups in total. The number of hydrogen-bond donors (Lipinski definition) is 0. The zero-order valence-electron chi connectivity index (χ0n) is 13.9. The van der Waals surface area contributed by atoms with E-state index in [0.717, 1.165) is 44.0 Å². The summed E-state index contributed by atoms with van der Waals surface area (Å²) >= 11 is 6.14. The van der Waals surface area contributed by atoms with E-state index in [1.165, 1.54) is 29.2 Å². The lowest BCUT2D eigenvalue weighted by Gasteiger charge is -2.38. The molecule has 5 rings (SSSR count). The van der Waals surface area contributed by atoms with Gasteiger partial charge in [0, 0.05) is 42.5 Å². The Balaban J connectivity index is 1.45. The topological polar surface area (TPSA) is 49.6 Å². The van der Waals surface area contributed by atoms with Crippen molar-refractivity contribution in [1.82, 2.24) is 19.6 Å². The van der Waals surface area contributed by atoms with Gasteiger partial charge in [-0.2, -0.15) is 14.6 Å². The molecule has 7 heteroatoms. The van der Waals surface area contributed by atoms with Crippen molar-refractivity contribution in [1.29, 1.82) is 0 Å². The average Bonchev–Trinajstić information content (AvgIpc) is 3.28. The third-order valence-electron chi connectivity index (χ3n) is 5.18. The van der Waals surface area contributed by atoms with Crippen LogP contribution in [0.15, 0.2) is 30.6 Å². The summed E-state index contributed by atoms with van der Waals surface area (Å²) in [5.74, 6) is 1.91. The zero-order valence-corrected chi connectivity index (χ0v) is 14.7. The van der Waals surface area contributed by atoms with Crippen molar-refractivity contribution in [2.75, 3.05) is 36.0 Å². The molecule has 0 spiro atoms. The van der Waals surface area contributed by atoms with E-state index < -0.39 is 0 Å². The molecule has 25 heavy (non-hydrogen) atoms. The first-order chi connectivity index (χ1) is 12.3. The Morgan fingerprint density at radius 1 is 1.00 bits per heavy atom. The Morgan fingerprint density at radius 3 is 2.68 bits per heavy atom. The van der Waals surface area contributed by atoms with E-state index in [4.69, 9.17) is 11.6 Å². The highest BCUT2D eigenvalue weighted by atomic mass is 35.5. The molecule has 3 heterocycles. The summed E-state index contributed by atoms with van der Waals surface area (Å²) in [7, 11) is 0. The van der Waals surface area contributed by atoms with E-state index in [0.29, 0.717) is 5.78 Å². The second kappa shape index (κ2) is 5.88. The van der Waals surface area contributed by atoms with Crippen molar-refractivity contribution < 1.29 is 0 Å². The molecule has 1 aliphatic carbocycles. The molecule has 0 bridgehead atoms. The first kappa shape index (κ1) is 15.0. The number of halogens is 1. The third kappa shape index (κ3) is 2.52. The van der Waals surface area contributed by atoms with Crippen LogP contribution in [0.25, 0.3) is 5.78 Å². The summed E-state index contributed by atoms with van der Waals surface area (Å²) in [4.78, 5) is 13.8. The van der Waals surface area contributed by atoms with Gasteiger partial charge in [-0.15, -0.1) is 0 Å². The lowest BCUT2D eigenvalue weighted by Crippen LogP contribution is -2.47. The number of anilines is 2. The number of aryl methyl sites for hydroxylation is 1. The molecule has 0 atom stereocenters. The maximum atomic E-state index is 6.14. The van der Waals surface area contributed by atoms with E-state index in [2.05, 4.69) is 30.9 Å². The highest BCUT2D eigenvalue weighted by Gasteiger charge is 2.27. The predicted molar refractivity (Wildman–Crippen MR) is 98.7 cm³/mol. The van der Waals surface area contributed by atoms with Crippen LogP contribution in [-0.2, 0) is 12.8 Å². The zero-order chi connectivity index (χ0) is 16.8. The van der Waals surface area contributed by atoms with Gasteiger partial charge in [-0.1, -0.05) is 17.7 Å². The first-order valence-electron chi connectivity index (χ1n) is 8.76. The number of hydrogen-bond acceptors (Lipinski definition) is 5. The van der Waals surface area contributed by atoms with Crippen LogP contribution >= 0.6 is 11.6 Å². The first-order valence-corrected chi connectivity index (χ1v) is 9.14. The molecule has 0 amide bonds. The molecule has 128 valence electrons. The van der Waals surface area contributed by atoms with E-state index in [-0.39, 0.29) is 0 Å². The van der Waals surface area contributed by atoms with Gasteiger partial charge in [-0.05, 0) is 37.5 Å². The predicted octanol–water partition coefficient (Wildman–Crippen LogP) is 2.59. The summed E-state index contributed by atoms with van der Waals surface area (Å²) in [5, 5.41) is 5.22. The van der Waals surface area contributed by atoms with Crippen molar-refractivity contribution in [2.24, 2.45) is 0 Å². The molecule has 1 saturated heterocycles. The fourth-order valence-electron chi connectivity index (χ4n) is 3.98. The van der Waals surface area contributed by atoms with Gasteiger partial charge < -0.3 is 9.80 Å². The summed E-state index contributed by atoms with van der Waals surface area (Å²) in [6.07, 6.45) is 4.91. The molecule has 3 aromatic rings. The summed E-state index contributed by atoms with van der Waals surface area (Å²) < 4.78 is 1.92. The van der Waals surface area contributed by atoms with Gasteiger partial charge in [0.15, 0.2) is 0 Å². The number of nitrogens with zero attached hydrogens (tertiary/aromatic N) is 6. The van der Waals surface area contributed by atoms with E-state index >= 15 is 0 Å². The Hall–Kier alpha value is -2.34. The van der Waals surface area contributed by atoms with Gasteiger partial charge in [0.1, 0.15) is 12.1 Å². The highest BCUT2D eigenvalue weighted by molar-refractivity contribution is 6.30. The molecule has 1 aliphatic heterocycles. The van der Waals surface area contributed by atoms with Gasteiger partial charge in [0.05, 0.1) is 5.69 Å². The maximum Gasteiger partial charge on any atom is 0.254 e. The van der Waals surface area contributed by atoms with E-state index in [1.807, 2.05) is 22.7 Å². The van der Waals surface area contributed by atoms with Crippen LogP contribution in [0, 0.1) is 0 Å². The highest BCUT2D eigenvalue weighted by Crippen LogP contribution is 2.31. The maximum absolute atomic E-state index is 6.14. The Kier molecular flexibility index (Phi) is 3.52. The molecular formula is C18H19ClN6. The Labute approximate surface area is 151 Å². The van der Waals surface area contributed by atoms with Crippen LogP contribution in [-0.4, -0.2) is 45.8 Å². The number of benzene rings is 1. The van der Waals surface area contributed by atoms with Crippen LogP contribution in [0.2, 0.25) is 5.02 Å². The quantitative estimate of drug-likeness (QED) is 0.708. The Morgan fingerprint density at radius 2 is 1.84 bits per heavy atom. The molecule has 2 aromatic heterocycles. The van der Waals surface area contributed by atoms with E-state index in [9.17, 15) is 0 Å². The minimum atomic E-state index is 0.716. The van der Waals surface area contributed by atoms with Crippen LogP contribution in [0.3, 0.4) is 0 Å². The van der Waals surface area contributed by atoms with Gasteiger partial charge in [-0.25, -0.2) is 4.98 Å². The van der Waals surface area contributed by atoms with Gasteiger partial charge in [-0.3, -0.25) is 0 Å². The largest absolute Gasteiger partial charge is 0.368 e. The lowest BCUT2D eigenvalue weighted by molar-refractivity contribution is 0.635. The monoisotopic (exact) mass is 354 g/mol. The smallest absolute Gasteiger partial charge is 0.254 e. The molecule has 2 aliphatic rings. The van der Waals surface area contributed by atoms with Crippen molar-refractivity contribution in [3.8, 4) is 0 Å². The van der Waals surface area contributed by atoms with Crippen molar-refractivity contribution in [2.45, 2.75) is 19.3 Å². The number of rotatable bonds is 2. The lowest BCUT2D eigenvalue weighted by atomic mass is 10.2. The minimum absolute atomic E-state index is 0.716. The summed E-state index contributed by atoms with van der Waals surface area (Å²) in [5.41, 5.74) is 3.75. The van der Waals surface area contributed by atoms with Gasteiger partial charge in [0.2, 0.25) is 0 Å². The second-order valence-corrected chi connectivity index (χ2v) is 7.08. The molecule has 6 nitrogen and oxygen atoms in total.